The largest absolute Gasteiger partial charge is 0.329 e. The van der Waals surface area contributed by atoms with Crippen molar-refractivity contribution in [3.8, 4) is 11.1 Å². The molecule has 1 aliphatic rings. The summed E-state index contributed by atoms with van der Waals surface area (Å²) in [5.41, 5.74) is 7.87. The zero-order valence-electron chi connectivity index (χ0n) is 13.8. The lowest BCUT2D eigenvalue weighted by Gasteiger charge is -2.38. The van der Waals surface area contributed by atoms with Gasteiger partial charge in [0.25, 0.3) is 0 Å². The maximum atomic E-state index is 13.0. The first-order chi connectivity index (χ1) is 11.5. The Hall–Kier alpha value is -1.73. The molecule has 0 bridgehead atoms. The molecule has 3 rings (SSSR count). The van der Waals surface area contributed by atoms with Crippen molar-refractivity contribution in [2.45, 2.75) is 10.9 Å². The molecule has 0 saturated carbocycles. The van der Waals surface area contributed by atoms with Gasteiger partial charge in [-0.15, -0.1) is 0 Å². The van der Waals surface area contributed by atoms with Crippen molar-refractivity contribution >= 4 is 10.0 Å². The molecule has 0 unspecified atom stereocenters. The van der Waals surface area contributed by atoms with Crippen LogP contribution in [0.15, 0.2) is 59.5 Å². The second kappa shape index (κ2) is 7.03. The van der Waals surface area contributed by atoms with Crippen LogP contribution in [0.5, 0.6) is 0 Å². The Morgan fingerprint density at radius 2 is 1.62 bits per heavy atom. The van der Waals surface area contributed by atoms with Gasteiger partial charge in [-0.05, 0) is 30.3 Å². The zero-order chi connectivity index (χ0) is 17.2. The highest BCUT2D eigenvalue weighted by molar-refractivity contribution is 7.89. The van der Waals surface area contributed by atoms with Crippen molar-refractivity contribution in [2.24, 2.45) is 5.73 Å². The summed E-state index contributed by atoms with van der Waals surface area (Å²) in [5.74, 6) is 0. The monoisotopic (exact) mass is 345 g/mol. The van der Waals surface area contributed by atoms with E-state index in [9.17, 15) is 8.42 Å². The van der Waals surface area contributed by atoms with Crippen LogP contribution in [0.4, 0.5) is 0 Å². The highest BCUT2D eigenvalue weighted by atomic mass is 32.2. The molecule has 2 aromatic carbocycles. The first-order valence-electron chi connectivity index (χ1n) is 8.08. The van der Waals surface area contributed by atoms with Gasteiger partial charge in [0, 0.05) is 26.2 Å². The van der Waals surface area contributed by atoms with E-state index in [4.69, 9.17) is 5.73 Å². The minimum atomic E-state index is -3.52. The van der Waals surface area contributed by atoms with Gasteiger partial charge in [0.15, 0.2) is 0 Å². The van der Waals surface area contributed by atoms with E-state index in [-0.39, 0.29) is 6.04 Å². The zero-order valence-corrected chi connectivity index (χ0v) is 14.6. The average molecular weight is 345 g/mol. The molecule has 1 atom stereocenters. The normalized spacial score (nSPS) is 20.2. The highest BCUT2D eigenvalue weighted by Crippen LogP contribution is 2.24. The van der Waals surface area contributed by atoms with Gasteiger partial charge in [-0.1, -0.05) is 42.5 Å². The number of nitrogens with two attached hydrogens (primary N) is 1. The third-order valence-corrected chi connectivity index (χ3v) is 6.44. The van der Waals surface area contributed by atoms with Crippen LogP contribution in [0.2, 0.25) is 0 Å². The lowest BCUT2D eigenvalue weighted by atomic mass is 10.1. The molecule has 1 heterocycles. The van der Waals surface area contributed by atoms with Crippen LogP contribution in [-0.4, -0.2) is 56.9 Å². The minimum Gasteiger partial charge on any atom is -0.329 e. The lowest BCUT2D eigenvalue weighted by molar-refractivity contribution is 0.164. The van der Waals surface area contributed by atoms with Gasteiger partial charge in [-0.25, -0.2) is 8.42 Å². The van der Waals surface area contributed by atoms with Gasteiger partial charge >= 0.3 is 0 Å². The van der Waals surface area contributed by atoms with Crippen molar-refractivity contribution in [1.29, 1.82) is 0 Å². The molecular weight excluding hydrogens is 322 g/mol. The van der Waals surface area contributed by atoms with E-state index in [0.717, 1.165) is 17.7 Å². The molecule has 0 aromatic heterocycles. The summed E-state index contributed by atoms with van der Waals surface area (Å²) < 4.78 is 27.5. The van der Waals surface area contributed by atoms with E-state index in [1.54, 1.807) is 16.4 Å². The molecule has 1 aliphatic heterocycles. The van der Waals surface area contributed by atoms with Crippen molar-refractivity contribution in [3.63, 3.8) is 0 Å². The van der Waals surface area contributed by atoms with E-state index in [2.05, 4.69) is 4.90 Å². The molecule has 128 valence electrons. The number of hydrogen-bond acceptors (Lipinski definition) is 4. The Morgan fingerprint density at radius 1 is 1.00 bits per heavy atom. The first kappa shape index (κ1) is 17.1. The summed E-state index contributed by atoms with van der Waals surface area (Å²) >= 11 is 0. The van der Waals surface area contributed by atoms with Crippen LogP contribution in [0, 0.1) is 0 Å². The Kier molecular flexibility index (Phi) is 5.01. The van der Waals surface area contributed by atoms with Crippen LogP contribution in [0.1, 0.15) is 0 Å². The van der Waals surface area contributed by atoms with Crippen LogP contribution in [0.3, 0.4) is 0 Å². The maximum Gasteiger partial charge on any atom is 0.243 e. The molecule has 0 spiro atoms. The molecule has 2 aromatic rings. The molecular formula is C18H23N3O2S. The molecule has 0 aliphatic carbocycles. The topological polar surface area (TPSA) is 66.6 Å². The van der Waals surface area contributed by atoms with Crippen molar-refractivity contribution in [1.82, 2.24) is 9.21 Å². The summed E-state index contributed by atoms with van der Waals surface area (Å²) in [6, 6.07) is 16.8. The van der Waals surface area contributed by atoms with Gasteiger partial charge in [-0.3, -0.25) is 0 Å². The Labute approximate surface area is 143 Å². The number of benzene rings is 2. The smallest absolute Gasteiger partial charge is 0.243 e. The summed E-state index contributed by atoms with van der Waals surface area (Å²) in [6.45, 7) is 2.18. The van der Waals surface area contributed by atoms with Gasteiger partial charge < -0.3 is 10.6 Å². The molecule has 1 saturated heterocycles. The second-order valence-electron chi connectivity index (χ2n) is 6.16. The summed E-state index contributed by atoms with van der Waals surface area (Å²) in [7, 11) is -1.53. The molecule has 5 nitrogen and oxygen atoms in total. The van der Waals surface area contributed by atoms with Crippen molar-refractivity contribution < 1.29 is 8.42 Å². The second-order valence-corrected chi connectivity index (χ2v) is 8.05. The predicted molar refractivity (Wildman–Crippen MR) is 96.1 cm³/mol. The van der Waals surface area contributed by atoms with Crippen LogP contribution in [-0.2, 0) is 10.0 Å². The molecule has 1 fully saturated rings. The maximum absolute atomic E-state index is 13.0. The van der Waals surface area contributed by atoms with Crippen molar-refractivity contribution in [2.75, 3.05) is 33.2 Å². The first-order valence-corrected chi connectivity index (χ1v) is 9.52. The van der Waals surface area contributed by atoms with Crippen LogP contribution >= 0.6 is 0 Å². The third-order valence-electron chi connectivity index (χ3n) is 4.47. The van der Waals surface area contributed by atoms with E-state index in [0.29, 0.717) is 24.5 Å². The van der Waals surface area contributed by atoms with E-state index in [1.165, 1.54) is 0 Å². The molecule has 24 heavy (non-hydrogen) atoms. The fraction of sp³-hybridized carbons (Fsp3) is 0.333. The van der Waals surface area contributed by atoms with E-state index >= 15 is 0 Å². The average Bonchev–Trinajstić information content (AvgIpc) is 2.62. The lowest BCUT2D eigenvalue weighted by Crippen LogP contribution is -2.56. The van der Waals surface area contributed by atoms with Crippen molar-refractivity contribution in [3.05, 3.63) is 54.6 Å². The highest BCUT2D eigenvalue weighted by Gasteiger charge is 2.34. The third kappa shape index (κ3) is 3.37. The van der Waals surface area contributed by atoms with Gasteiger partial charge in [0.05, 0.1) is 10.9 Å². The Bertz CT molecular complexity index is 776. The number of hydrogen-bond donors (Lipinski definition) is 1. The number of likely N-dealkylation sites (N-methyl/N-ethyl adjacent to an activating group) is 1. The molecule has 2 N–H and O–H groups in total. The quantitative estimate of drug-likeness (QED) is 0.914. The van der Waals surface area contributed by atoms with Gasteiger partial charge in [0.1, 0.15) is 0 Å². The fourth-order valence-electron chi connectivity index (χ4n) is 3.09. The number of piperazine rings is 1. The van der Waals surface area contributed by atoms with Gasteiger partial charge in [-0.2, -0.15) is 4.31 Å². The summed E-state index contributed by atoms with van der Waals surface area (Å²) in [4.78, 5) is 2.44. The molecule has 0 amide bonds. The number of rotatable bonds is 4. The molecule has 6 heteroatoms. The van der Waals surface area contributed by atoms with Crippen LogP contribution < -0.4 is 5.73 Å². The number of sulfonamides is 1. The fourth-order valence-corrected chi connectivity index (χ4v) is 4.71. The standard InChI is InChI=1S/C18H23N3O2S/c1-20-11-12-21(17(13-19)14-20)24(22,23)18-9-7-16(8-10-18)15-5-3-2-4-6-15/h2-10,17H,11-14,19H2,1H3/t17-/m0/s1. The SMILES string of the molecule is CN1CCN(S(=O)(=O)c2ccc(-c3ccccc3)cc2)[C@@H](CN)C1. The Morgan fingerprint density at radius 3 is 2.25 bits per heavy atom. The van der Waals surface area contributed by atoms with E-state index in [1.807, 2.05) is 49.5 Å². The summed E-state index contributed by atoms with van der Waals surface area (Å²) in [6.07, 6.45) is 0. The number of nitrogens with zero attached hydrogens (tertiary/aromatic N) is 2. The predicted octanol–water partition coefficient (Wildman–Crippen LogP) is 1.62. The minimum absolute atomic E-state index is 0.178. The Balaban J connectivity index is 1.87. The van der Waals surface area contributed by atoms with E-state index < -0.39 is 10.0 Å². The van der Waals surface area contributed by atoms with Crippen LogP contribution in [0.25, 0.3) is 11.1 Å². The molecule has 0 radical (unpaired) electrons. The van der Waals surface area contributed by atoms with Gasteiger partial charge in [0.2, 0.25) is 10.0 Å². The summed E-state index contributed by atoms with van der Waals surface area (Å²) in [5, 5.41) is 0.